The van der Waals surface area contributed by atoms with E-state index in [1.807, 2.05) is 0 Å². The molecular weight excluding hydrogens is 266 g/mol. The highest BCUT2D eigenvalue weighted by Gasteiger charge is 2.30. The van der Waals surface area contributed by atoms with Crippen LogP contribution < -0.4 is 0 Å². The highest BCUT2D eigenvalue weighted by atomic mass is 32.2. The first-order chi connectivity index (χ1) is 9.04. The number of aliphatic hydroxyl groups excluding tert-OH is 1. The molecular formula is C12H19N3O3S. The lowest BCUT2D eigenvalue weighted by Gasteiger charge is -2.20. The van der Waals surface area contributed by atoms with Crippen LogP contribution in [0.2, 0.25) is 0 Å². The second-order valence-corrected chi connectivity index (χ2v) is 7.90. The summed E-state index contributed by atoms with van der Waals surface area (Å²) >= 11 is 0. The Morgan fingerprint density at radius 2 is 2.16 bits per heavy atom. The van der Waals surface area contributed by atoms with Crippen molar-refractivity contribution in [3.05, 3.63) is 11.6 Å². The number of aromatic nitrogens is 3. The Balaban J connectivity index is 1.77. The normalized spacial score (nSPS) is 29.9. The summed E-state index contributed by atoms with van der Waals surface area (Å²) in [6.45, 7) is 0.668. The number of nitrogens with zero attached hydrogens (tertiary/aromatic N) is 3. The van der Waals surface area contributed by atoms with E-state index in [-0.39, 0.29) is 11.4 Å². The zero-order valence-corrected chi connectivity index (χ0v) is 11.6. The van der Waals surface area contributed by atoms with Gasteiger partial charge in [0.1, 0.15) is 5.82 Å². The Hall–Kier alpha value is -0.950. The van der Waals surface area contributed by atoms with E-state index >= 15 is 0 Å². The van der Waals surface area contributed by atoms with Gasteiger partial charge >= 0.3 is 0 Å². The largest absolute Gasteiger partial charge is 0.393 e. The summed E-state index contributed by atoms with van der Waals surface area (Å²) in [5.41, 5.74) is 0. The average Bonchev–Trinajstić information content (AvgIpc) is 2.73. The molecule has 3 rings (SSSR count). The maximum atomic E-state index is 12.0. The molecule has 2 aliphatic rings. The Bertz CT molecular complexity index is 567. The number of rotatable bonds is 2. The maximum Gasteiger partial charge on any atom is 0.153 e. The van der Waals surface area contributed by atoms with E-state index < -0.39 is 9.84 Å². The SMILES string of the molecule is O=S1(=O)CCCCC1Cc1nc2n(n1)CCC(O)C2. The second-order valence-electron chi connectivity index (χ2n) is 5.50. The molecule has 2 unspecified atom stereocenters. The molecule has 0 bridgehead atoms. The molecule has 1 aromatic heterocycles. The van der Waals surface area contributed by atoms with Crippen molar-refractivity contribution in [3.63, 3.8) is 0 Å². The first kappa shape index (κ1) is 13.1. The highest BCUT2D eigenvalue weighted by molar-refractivity contribution is 7.92. The van der Waals surface area contributed by atoms with Crippen LogP contribution in [-0.4, -0.2) is 45.4 Å². The number of hydrogen-bond donors (Lipinski definition) is 1. The number of hydrogen-bond acceptors (Lipinski definition) is 5. The van der Waals surface area contributed by atoms with Crippen molar-refractivity contribution in [2.24, 2.45) is 0 Å². The third kappa shape index (κ3) is 2.67. The standard InChI is InChI=1S/C12H19N3O3S/c16-9-4-5-15-12(7-9)13-11(14-15)8-10-3-1-2-6-19(10,17)18/h9-10,16H,1-8H2. The summed E-state index contributed by atoms with van der Waals surface area (Å²) in [6, 6.07) is 0. The van der Waals surface area contributed by atoms with Crippen LogP contribution in [0.15, 0.2) is 0 Å². The molecule has 0 spiro atoms. The molecule has 1 aromatic rings. The molecule has 0 amide bonds. The molecule has 106 valence electrons. The van der Waals surface area contributed by atoms with Crippen LogP contribution in [0.3, 0.4) is 0 Å². The quantitative estimate of drug-likeness (QED) is 0.832. The molecule has 1 fully saturated rings. The van der Waals surface area contributed by atoms with Gasteiger partial charge in [-0.25, -0.2) is 18.1 Å². The molecule has 6 nitrogen and oxygen atoms in total. The minimum atomic E-state index is -2.97. The molecule has 7 heteroatoms. The van der Waals surface area contributed by atoms with Gasteiger partial charge in [0.05, 0.1) is 17.1 Å². The summed E-state index contributed by atoms with van der Waals surface area (Å²) in [6.07, 6.45) is 3.74. The van der Waals surface area contributed by atoms with Crippen molar-refractivity contribution in [3.8, 4) is 0 Å². The molecule has 1 saturated heterocycles. The predicted molar refractivity (Wildman–Crippen MR) is 69.5 cm³/mol. The van der Waals surface area contributed by atoms with E-state index in [4.69, 9.17) is 0 Å². The van der Waals surface area contributed by atoms with Crippen LogP contribution in [0.5, 0.6) is 0 Å². The fraction of sp³-hybridized carbons (Fsp3) is 0.833. The van der Waals surface area contributed by atoms with Gasteiger partial charge in [-0.3, -0.25) is 0 Å². The van der Waals surface area contributed by atoms with Gasteiger partial charge in [-0.05, 0) is 19.3 Å². The monoisotopic (exact) mass is 285 g/mol. The Morgan fingerprint density at radius 3 is 2.95 bits per heavy atom. The highest BCUT2D eigenvalue weighted by Crippen LogP contribution is 2.23. The average molecular weight is 285 g/mol. The van der Waals surface area contributed by atoms with Gasteiger partial charge in [0, 0.05) is 19.4 Å². The predicted octanol–water partition coefficient (Wildman–Crippen LogP) is 0.0950. The third-order valence-corrected chi connectivity index (χ3v) is 6.28. The van der Waals surface area contributed by atoms with E-state index in [9.17, 15) is 13.5 Å². The fourth-order valence-electron chi connectivity index (χ4n) is 2.88. The zero-order valence-electron chi connectivity index (χ0n) is 10.8. The number of fused-ring (bicyclic) bond motifs is 1. The maximum absolute atomic E-state index is 12.0. The van der Waals surface area contributed by atoms with Crippen LogP contribution in [0.1, 0.15) is 37.3 Å². The van der Waals surface area contributed by atoms with Crippen LogP contribution in [0.4, 0.5) is 0 Å². The summed E-state index contributed by atoms with van der Waals surface area (Å²) in [5, 5.41) is 13.6. The van der Waals surface area contributed by atoms with Gasteiger partial charge in [0.2, 0.25) is 0 Å². The fourth-order valence-corrected chi connectivity index (χ4v) is 4.75. The van der Waals surface area contributed by atoms with Crippen molar-refractivity contribution in [1.82, 2.24) is 14.8 Å². The van der Waals surface area contributed by atoms with Crippen LogP contribution in [0.25, 0.3) is 0 Å². The van der Waals surface area contributed by atoms with E-state index in [1.165, 1.54) is 0 Å². The van der Waals surface area contributed by atoms with Crippen LogP contribution in [-0.2, 0) is 29.2 Å². The van der Waals surface area contributed by atoms with Gasteiger partial charge < -0.3 is 5.11 Å². The number of sulfone groups is 1. The molecule has 1 N–H and O–H groups in total. The van der Waals surface area contributed by atoms with Gasteiger partial charge in [-0.15, -0.1) is 0 Å². The number of aryl methyl sites for hydroxylation is 1. The van der Waals surface area contributed by atoms with Gasteiger partial charge in [0.15, 0.2) is 15.7 Å². The molecule has 0 saturated carbocycles. The lowest BCUT2D eigenvalue weighted by Crippen LogP contribution is -2.30. The molecule has 3 heterocycles. The molecule has 2 atom stereocenters. The topological polar surface area (TPSA) is 85.1 Å². The Labute approximate surface area is 112 Å². The minimum Gasteiger partial charge on any atom is -0.393 e. The molecule has 0 aromatic carbocycles. The minimum absolute atomic E-state index is 0.296. The van der Waals surface area contributed by atoms with Crippen molar-refractivity contribution in [2.45, 2.75) is 56.4 Å². The number of aliphatic hydroxyl groups is 1. The first-order valence-corrected chi connectivity index (χ1v) is 8.58. The molecule has 2 aliphatic heterocycles. The van der Waals surface area contributed by atoms with Crippen molar-refractivity contribution in [1.29, 1.82) is 0 Å². The lowest BCUT2D eigenvalue weighted by molar-refractivity contribution is 0.138. The van der Waals surface area contributed by atoms with Crippen molar-refractivity contribution in [2.75, 3.05) is 5.75 Å². The van der Waals surface area contributed by atoms with Gasteiger partial charge in [-0.1, -0.05) is 6.42 Å². The summed E-state index contributed by atoms with van der Waals surface area (Å²) < 4.78 is 25.8. The van der Waals surface area contributed by atoms with E-state index in [0.29, 0.717) is 37.4 Å². The van der Waals surface area contributed by atoms with Crippen molar-refractivity contribution >= 4 is 9.84 Å². The van der Waals surface area contributed by atoms with E-state index in [1.54, 1.807) is 4.68 Å². The van der Waals surface area contributed by atoms with E-state index in [2.05, 4.69) is 10.1 Å². The lowest BCUT2D eigenvalue weighted by atomic mass is 10.1. The smallest absolute Gasteiger partial charge is 0.153 e. The Morgan fingerprint density at radius 1 is 1.32 bits per heavy atom. The summed E-state index contributed by atoms with van der Waals surface area (Å²) in [7, 11) is -2.97. The van der Waals surface area contributed by atoms with Gasteiger partial charge in [-0.2, -0.15) is 5.10 Å². The first-order valence-electron chi connectivity index (χ1n) is 6.87. The Kier molecular flexibility index (Phi) is 3.34. The van der Waals surface area contributed by atoms with Crippen LogP contribution >= 0.6 is 0 Å². The van der Waals surface area contributed by atoms with Gasteiger partial charge in [0.25, 0.3) is 0 Å². The molecule has 0 aliphatic carbocycles. The molecule has 0 radical (unpaired) electrons. The molecule has 19 heavy (non-hydrogen) atoms. The van der Waals surface area contributed by atoms with E-state index in [0.717, 1.165) is 25.1 Å². The van der Waals surface area contributed by atoms with Crippen molar-refractivity contribution < 1.29 is 13.5 Å². The van der Waals surface area contributed by atoms with Crippen LogP contribution in [0, 0.1) is 0 Å². The zero-order chi connectivity index (χ0) is 13.5. The summed E-state index contributed by atoms with van der Waals surface area (Å²) in [5.74, 6) is 1.69. The second kappa shape index (κ2) is 4.86. The summed E-state index contributed by atoms with van der Waals surface area (Å²) in [4.78, 5) is 4.39. The third-order valence-electron chi connectivity index (χ3n) is 4.01.